The third kappa shape index (κ3) is 5.46. The van der Waals surface area contributed by atoms with Gasteiger partial charge in [0, 0.05) is 19.7 Å². The van der Waals surface area contributed by atoms with E-state index in [0.29, 0.717) is 31.1 Å². The van der Waals surface area contributed by atoms with E-state index in [1.54, 1.807) is 7.11 Å². The van der Waals surface area contributed by atoms with Crippen molar-refractivity contribution >= 4 is 5.96 Å². The minimum Gasteiger partial charge on any atom is -0.382 e. The second-order valence-electron chi connectivity index (χ2n) is 7.26. The highest BCUT2D eigenvalue weighted by molar-refractivity contribution is 5.75. The van der Waals surface area contributed by atoms with Crippen LogP contribution >= 0.6 is 0 Å². The SMILES string of the molecule is COCCOC[C@@H]1CCCN([C@@H]2C=C(C)C[C@H](N=C(N)N)[C@H]2C)C1. The summed E-state index contributed by atoms with van der Waals surface area (Å²) in [5, 5.41) is 0. The highest BCUT2D eigenvalue weighted by Gasteiger charge is 2.34. The van der Waals surface area contributed by atoms with Crippen molar-refractivity contribution in [3.05, 3.63) is 11.6 Å². The summed E-state index contributed by atoms with van der Waals surface area (Å²) in [6.07, 6.45) is 5.83. The van der Waals surface area contributed by atoms with Gasteiger partial charge < -0.3 is 20.9 Å². The first-order valence-corrected chi connectivity index (χ1v) is 9.08. The predicted octanol–water partition coefficient (Wildman–Crippen LogP) is 1.36. The van der Waals surface area contributed by atoms with Crippen molar-refractivity contribution in [1.82, 2.24) is 4.90 Å². The maximum absolute atomic E-state index is 5.75. The van der Waals surface area contributed by atoms with Crippen LogP contribution in [0.15, 0.2) is 16.6 Å². The Morgan fingerprint density at radius 1 is 1.38 bits per heavy atom. The fourth-order valence-electron chi connectivity index (χ4n) is 3.94. The van der Waals surface area contributed by atoms with Crippen LogP contribution < -0.4 is 11.5 Å². The Morgan fingerprint density at radius 3 is 2.88 bits per heavy atom. The number of hydrogen-bond donors (Lipinski definition) is 2. The third-order valence-corrected chi connectivity index (χ3v) is 5.20. The average molecular weight is 338 g/mol. The molecule has 0 bridgehead atoms. The second kappa shape index (κ2) is 9.39. The molecule has 24 heavy (non-hydrogen) atoms. The van der Waals surface area contributed by atoms with Crippen molar-refractivity contribution in [3.63, 3.8) is 0 Å². The van der Waals surface area contributed by atoms with Crippen LogP contribution in [0.4, 0.5) is 0 Å². The molecule has 4 N–H and O–H groups in total. The Hall–Kier alpha value is -1.11. The van der Waals surface area contributed by atoms with Crippen molar-refractivity contribution in [1.29, 1.82) is 0 Å². The summed E-state index contributed by atoms with van der Waals surface area (Å²) in [6, 6.07) is 0.594. The maximum atomic E-state index is 5.75. The molecular weight excluding hydrogens is 304 g/mol. The van der Waals surface area contributed by atoms with Crippen LogP contribution in [0.25, 0.3) is 0 Å². The quantitative estimate of drug-likeness (QED) is 0.317. The van der Waals surface area contributed by atoms with Gasteiger partial charge in [0.1, 0.15) is 0 Å². The topological polar surface area (TPSA) is 86.1 Å². The number of piperidine rings is 1. The van der Waals surface area contributed by atoms with E-state index in [1.165, 1.54) is 18.4 Å². The summed E-state index contributed by atoms with van der Waals surface area (Å²) in [7, 11) is 1.71. The number of ether oxygens (including phenoxy) is 2. The van der Waals surface area contributed by atoms with Gasteiger partial charge in [0.25, 0.3) is 0 Å². The molecule has 6 nitrogen and oxygen atoms in total. The zero-order chi connectivity index (χ0) is 17.5. The number of rotatable bonds is 7. The number of nitrogens with two attached hydrogens (primary N) is 2. The molecule has 4 atom stereocenters. The van der Waals surface area contributed by atoms with E-state index in [2.05, 4.69) is 29.8 Å². The zero-order valence-electron chi connectivity index (χ0n) is 15.4. The molecule has 1 saturated heterocycles. The van der Waals surface area contributed by atoms with Crippen LogP contribution in [0.3, 0.4) is 0 Å². The Balaban J connectivity index is 1.95. The maximum Gasteiger partial charge on any atom is 0.186 e. The summed E-state index contributed by atoms with van der Waals surface area (Å²) in [5.74, 6) is 1.22. The first kappa shape index (κ1) is 19.2. The fourth-order valence-corrected chi connectivity index (χ4v) is 3.94. The number of likely N-dealkylation sites (tertiary alicyclic amines) is 1. The third-order valence-electron chi connectivity index (χ3n) is 5.20. The molecular formula is C18H34N4O2. The van der Waals surface area contributed by atoms with E-state index in [1.807, 2.05) is 0 Å². The van der Waals surface area contributed by atoms with Crippen molar-refractivity contribution in [2.24, 2.45) is 28.3 Å². The molecule has 1 aliphatic carbocycles. The van der Waals surface area contributed by atoms with E-state index in [4.69, 9.17) is 20.9 Å². The molecule has 0 saturated carbocycles. The first-order valence-electron chi connectivity index (χ1n) is 9.08. The molecule has 2 aliphatic rings. The molecule has 0 spiro atoms. The average Bonchev–Trinajstić information content (AvgIpc) is 2.54. The number of aliphatic imine (C=N–C) groups is 1. The minimum atomic E-state index is 0.184. The van der Waals surface area contributed by atoms with E-state index in [0.717, 1.165) is 26.1 Å². The van der Waals surface area contributed by atoms with Gasteiger partial charge in [-0.15, -0.1) is 0 Å². The normalized spacial score (nSPS) is 31.5. The lowest BCUT2D eigenvalue weighted by molar-refractivity contribution is 0.0204. The first-order chi connectivity index (χ1) is 11.5. The zero-order valence-corrected chi connectivity index (χ0v) is 15.4. The number of hydrogen-bond acceptors (Lipinski definition) is 4. The van der Waals surface area contributed by atoms with Gasteiger partial charge in [-0.2, -0.15) is 0 Å². The second-order valence-corrected chi connectivity index (χ2v) is 7.26. The molecule has 0 radical (unpaired) electrons. The molecule has 1 fully saturated rings. The van der Waals surface area contributed by atoms with Crippen LogP contribution in [0.1, 0.15) is 33.1 Å². The fraction of sp³-hybridized carbons (Fsp3) is 0.833. The molecule has 0 aromatic heterocycles. The van der Waals surface area contributed by atoms with Gasteiger partial charge in [0.2, 0.25) is 0 Å². The highest BCUT2D eigenvalue weighted by Crippen LogP contribution is 2.32. The summed E-state index contributed by atoms with van der Waals surface area (Å²) in [4.78, 5) is 7.06. The largest absolute Gasteiger partial charge is 0.382 e. The molecule has 138 valence electrons. The van der Waals surface area contributed by atoms with Gasteiger partial charge in [-0.3, -0.25) is 4.90 Å². The lowest BCUT2D eigenvalue weighted by Crippen LogP contribution is -2.49. The van der Waals surface area contributed by atoms with Gasteiger partial charge in [0.05, 0.1) is 25.9 Å². The standard InChI is InChI=1S/C18H34N4O2/c1-13-9-16(21-18(19)20)14(2)17(10-13)22-6-4-5-15(11-22)12-24-8-7-23-3/h10,14-17H,4-9,11-12H2,1-3H3,(H4,19,20,21)/t14-,15-,16+,17-/m1/s1. The smallest absolute Gasteiger partial charge is 0.186 e. The van der Waals surface area contributed by atoms with Crippen molar-refractivity contribution in [2.75, 3.05) is 40.0 Å². The van der Waals surface area contributed by atoms with Crippen molar-refractivity contribution in [3.8, 4) is 0 Å². The lowest BCUT2D eigenvalue weighted by atomic mass is 9.81. The monoisotopic (exact) mass is 338 g/mol. The van der Waals surface area contributed by atoms with E-state index >= 15 is 0 Å². The van der Waals surface area contributed by atoms with Crippen LogP contribution in [-0.2, 0) is 9.47 Å². The van der Waals surface area contributed by atoms with Crippen LogP contribution in [0.5, 0.6) is 0 Å². The van der Waals surface area contributed by atoms with Gasteiger partial charge in [-0.1, -0.05) is 18.6 Å². The van der Waals surface area contributed by atoms with E-state index in [-0.39, 0.29) is 12.0 Å². The van der Waals surface area contributed by atoms with E-state index < -0.39 is 0 Å². The van der Waals surface area contributed by atoms with Gasteiger partial charge >= 0.3 is 0 Å². The number of methoxy groups -OCH3 is 1. The molecule has 6 heteroatoms. The molecule has 2 rings (SSSR count). The summed E-state index contributed by atoms with van der Waals surface area (Å²) < 4.78 is 10.8. The number of nitrogens with zero attached hydrogens (tertiary/aromatic N) is 2. The van der Waals surface area contributed by atoms with Crippen molar-refractivity contribution in [2.45, 2.75) is 45.2 Å². The molecule has 1 aliphatic heterocycles. The molecule has 0 aromatic rings. The lowest BCUT2D eigenvalue weighted by Gasteiger charge is -2.43. The summed E-state index contributed by atoms with van der Waals surface area (Å²) >= 11 is 0. The van der Waals surface area contributed by atoms with Gasteiger partial charge in [-0.25, -0.2) is 4.99 Å². The Morgan fingerprint density at radius 2 is 2.17 bits per heavy atom. The van der Waals surface area contributed by atoms with E-state index in [9.17, 15) is 0 Å². The highest BCUT2D eigenvalue weighted by atomic mass is 16.5. The Kier molecular flexibility index (Phi) is 7.52. The Bertz CT molecular complexity index is 448. The molecule has 0 amide bonds. The van der Waals surface area contributed by atoms with Crippen LogP contribution in [0, 0.1) is 11.8 Å². The Labute approximate surface area is 146 Å². The number of guanidine groups is 1. The van der Waals surface area contributed by atoms with Gasteiger partial charge in [-0.05, 0) is 44.6 Å². The van der Waals surface area contributed by atoms with Crippen molar-refractivity contribution < 1.29 is 9.47 Å². The predicted molar refractivity (Wildman–Crippen MR) is 97.9 cm³/mol. The van der Waals surface area contributed by atoms with Crippen LogP contribution in [0.2, 0.25) is 0 Å². The molecule has 0 aromatic carbocycles. The summed E-state index contributed by atoms with van der Waals surface area (Å²) in [6.45, 7) is 8.84. The summed E-state index contributed by atoms with van der Waals surface area (Å²) in [5.41, 5.74) is 12.6. The van der Waals surface area contributed by atoms with Gasteiger partial charge in [0.15, 0.2) is 5.96 Å². The molecule has 1 heterocycles. The minimum absolute atomic E-state index is 0.184. The van der Waals surface area contributed by atoms with Crippen LogP contribution in [-0.4, -0.2) is 63.0 Å². The molecule has 0 unspecified atom stereocenters.